The Kier molecular flexibility index (Phi) is 3.79. The molecule has 0 radical (unpaired) electrons. The minimum Gasteiger partial charge on any atom is -0.357 e. The third kappa shape index (κ3) is 2.72. The summed E-state index contributed by atoms with van der Waals surface area (Å²) in [6, 6.07) is 4.03. The molecule has 4 heterocycles. The average molecular weight is 343 g/mol. The van der Waals surface area contributed by atoms with E-state index < -0.39 is 0 Å². The minimum atomic E-state index is 0.0957. The molecule has 0 saturated carbocycles. The number of hydrogen-bond donors (Lipinski definition) is 1. The fraction of sp³-hybridized carbons (Fsp3) is 0.294. The molecule has 0 bridgehead atoms. The number of carbonyl (C=O) groups is 1. The van der Waals surface area contributed by atoms with Crippen molar-refractivity contribution >= 4 is 28.6 Å². The summed E-state index contributed by atoms with van der Waals surface area (Å²) in [4.78, 5) is 23.4. The van der Waals surface area contributed by atoms with Gasteiger partial charge in [-0.2, -0.15) is 0 Å². The van der Waals surface area contributed by atoms with E-state index in [4.69, 9.17) is 4.98 Å². The van der Waals surface area contributed by atoms with Gasteiger partial charge in [0, 0.05) is 30.2 Å². The third-order valence-electron chi connectivity index (χ3n) is 4.16. The van der Waals surface area contributed by atoms with Crippen molar-refractivity contribution in [2.24, 2.45) is 0 Å². The molecule has 6 heteroatoms. The number of amides is 1. The molecule has 0 aromatic carbocycles. The standard InChI is InChI=1S/C17H17N3OS2/c1-11-4-7-22-15(11)16-19-14(10-23-16)12-8-13(18-9-12)17(21)20-5-2-3-6-20/h4,7-10,18H,2-3,5-6H2,1H3. The van der Waals surface area contributed by atoms with Crippen LogP contribution in [0.15, 0.2) is 29.1 Å². The van der Waals surface area contributed by atoms with Crippen LogP contribution in [0.1, 0.15) is 28.9 Å². The van der Waals surface area contributed by atoms with E-state index in [1.807, 2.05) is 17.2 Å². The smallest absolute Gasteiger partial charge is 0.270 e. The first kappa shape index (κ1) is 14.7. The number of H-pyrrole nitrogens is 1. The molecule has 1 aliphatic rings. The number of nitrogens with zero attached hydrogens (tertiary/aromatic N) is 2. The van der Waals surface area contributed by atoms with Gasteiger partial charge in [-0.25, -0.2) is 4.98 Å². The molecule has 1 N–H and O–H groups in total. The molecule has 1 amide bonds. The maximum absolute atomic E-state index is 12.4. The summed E-state index contributed by atoms with van der Waals surface area (Å²) in [6.07, 6.45) is 4.09. The number of likely N-dealkylation sites (tertiary alicyclic amines) is 1. The Morgan fingerprint density at radius 1 is 1.30 bits per heavy atom. The van der Waals surface area contributed by atoms with Crippen LogP contribution in [0, 0.1) is 6.92 Å². The summed E-state index contributed by atoms with van der Waals surface area (Å²) >= 11 is 3.37. The highest BCUT2D eigenvalue weighted by molar-refractivity contribution is 7.20. The Morgan fingerprint density at radius 2 is 2.13 bits per heavy atom. The number of thiazole rings is 1. The van der Waals surface area contributed by atoms with Gasteiger partial charge in [-0.1, -0.05) is 0 Å². The quantitative estimate of drug-likeness (QED) is 0.766. The Balaban J connectivity index is 1.58. The summed E-state index contributed by atoms with van der Waals surface area (Å²) < 4.78 is 0. The van der Waals surface area contributed by atoms with Crippen LogP contribution < -0.4 is 0 Å². The highest BCUT2D eigenvalue weighted by atomic mass is 32.1. The number of aromatic amines is 1. The second kappa shape index (κ2) is 5.94. The molecule has 23 heavy (non-hydrogen) atoms. The number of carbonyl (C=O) groups excluding carboxylic acids is 1. The van der Waals surface area contributed by atoms with Crippen molar-refractivity contribution < 1.29 is 4.79 Å². The molecule has 0 spiro atoms. The Labute approximate surface area is 142 Å². The van der Waals surface area contributed by atoms with E-state index in [0.29, 0.717) is 5.69 Å². The van der Waals surface area contributed by atoms with Gasteiger partial charge in [0.25, 0.3) is 5.91 Å². The van der Waals surface area contributed by atoms with E-state index in [-0.39, 0.29) is 5.91 Å². The third-order valence-corrected chi connectivity index (χ3v) is 6.18. The normalized spacial score (nSPS) is 14.6. The summed E-state index contributed by atoms with van der Waals surface area (Å²) in [6.45, 7) is 3.84. The van der Waals surface area contributed by atoms with Crippen LogP contribution >= 0.6 is 22.7 Å². The first-order valence-corrected chi connectivity index (χ1v) is 9.46. The van der Waals surface area contributed by atoms with Crippen molar-refractivity contribution in [1.82, 2.24) is 14.9 Å². The topological polar surface area (TPSA) is 49.0 Å². The average Bonchev–Trinajstić information content (AvgIpc) is 3.32. The molecule has 3 aromatic rings. The molecule has 4 nitrogen and oxygen atoms in total. The van der Waals surface area contributed by atoms with Crippen molar-refractivity contribution in [1.29, 1.82) is 0 Å². The van der Waals surface area contributed by atoms with Crippen molar-refractivity contribution in [3.63, 3.8) is 0 Å². The zero-order chi connectivity index (χ0) is 15.8. The van der Waals surface area contributed by atoms with Gasteiger partial charge in [0.1, 0.15) is 10.7 Å². The van der Waals surface area contributed by atoms with Gasteiger partial charge in [0.2, 0.25) is 0 Å². The molecule has 1 fully saturated rings. The second-order valence-corrected chi connectivity index (χ2v) is 7.55. The van der Waals surface area contributed by atoms with Crippen LogP contribution in [0.2, 0.25) is 0 Å². The minimum absolute atomic E-state index is 0.0957. The van der Waals surface area contributed by atoms with Crippen molar-refractivity contribution in [3.05, 3.63) is 40.3 Å². The van der Waals surface area contributed by atoms with Gasteiger partial charge in [0.15, 0.2) is 0 Å². The van der Waals surface area contributed by atoms with Crippen LogP contribution in [0.4, 0.5) is 0 Å². The summed E-state index contributed by atoms with van der Waals surface area (Å²) in [5, 5.41) is 5.19. The predicted octanol–water partition coefficient (Wildman–Crippen LogP) is 4.41. The van der Waals surface area contributed by atoms with Gasteiger partial charge in [0.05, 0.1) is 10.6 Å². The van der Waals surface area contributed by atoms with E-state index >= 15 is 0 Å². The first-order valence-electron chi connectivity index (χ1n) is 7.70. The molecule has 0 aliphatic carbocycles. The van der Waals surface area contributed by atoms with Gasteiger partial charge in [-0.3, -0.25) is 4.79 Å². The number of aryl methyl sites for hydroxylation is 1. The van der Waals surface area contributed by atoms with E-state index in [9.17, 15) is 4.79 Å². The van der Waals surface area contributed by atoms with Gasteiger partial charge < -0.3 is 9.88 Å². The Hall–Kier alpha value is -1.92. The van der Waals surface area contributed by atoms with Crippen molar-refractivity contribution in [2.45, 2.75) is 19.8 Å². The summed E-state index contributed by atoms with van der Waals surface area (Å²) in [5.41, 5.74) is 3.82. The molecule has 1 aliphatic heterocycles. The lowest BCUT2D eigenvalue weighted by molar-refractivity contribution is 0.0788. The number of aromatic nitrogens is 2. The monoisotopic (exact) mass is 343 g/mol. The van der Waals surface area contributed by atoms with Gasteiger partial charge in [-0.15, -0.1) is 22.7 Å². The predicted molar refractivity (Wildman–Crippen MR) is 95.1 cm³/mol. The second-order valence-electron chi connectivity index (χ2n) is 5.77. The van der Waals surface area contributed by atoms with Crippen LogP contribution in [0.5, 0.6) is 0 Å². The Morgan fingerprint density at radius 3 is 2.87 bits per heavy atom. The number of thiophene rings is 1. The Bertz CT molecular complexity index is 840. The van der Waals surface area contributed by atoms with Crippen LogP contribution in [-0.4, -0.2) is 33.9 Å². The largest absolute Gasteiger partial charge is 0.357 e. The van der Waals surface area contributed by atoms with Crippen LogP contribution in [-0.2, 0) is 0 Å². The molecular weight excluding hydrogens is 326 g/mol. The zero-order valence-electron chi connectivity index (χ0n) is 12.8. The fourth-order valence-electron chi connectivity index (χ4n) is 2.86. The number of hydrogen-bond acceptors (Lipinski definition) is 4. The summed E-state index contributed by atoms with van der Waals surface area (Å²) in [5.74, 6) is 0.0957. The van der Waals surface area contributed by atoms with E-state index in [1.54, 1.807) is 22.7 Å². The van der Waals surface area contributed by atoms with Crippen molar-refractivity contribution in [3.8, 4) is 21.1 Å². The molecule has 1 saturated heterocycles. The lowest BCUT2D eigenvalue weighted by Gasteiger charge is -2.13. The zero-order valence-corrected chi connectivity index (χ0v) is 14.5. The maximum Gasteiger partial charge on any atom is 0.270 e. The van der Waals surface area contributed by atoms with E-state index in [0.717, 1.165) is 42.2 Å². The molecule has 3 aromatic heterocycles. The first-order chi connectivity index (χ1) is 11.2. The van der Waals surface area contributed by atoms with E-state index in [1.165, 1.54) is 10.4 Å². The molecule has 4 rings (SSSR count). The lowest BCUT2D eigenvalue weighted by Crippen LogP contribution is -2.27. The highest BCUT2D eigenvalue weighted by Gasteiger charge is 2.21. The molecule has 118 valence electrons. The van der Waals surface area contributed by atoms with Crippen molar-refractivity contribution in [2.75, 3.05) is 13.1 Å². The van der Waals surface area contributed by atoms with Gasteiger partial charge >= 0.3 is 0 Å². The highest BCUT2D eigenvalue weighted by Crippen LogP contribution is 2.34. The van der Waals surface area contributed by atoms with Crippen LogP contribution in [0.3, 0.4) is 0 Å². The van der Waals surface area contributed by atoms with Gasteiger partial charge in [-0.05, 0) is 42.8 Å². The number of rotatable bonds is 3. The summed E-state index contributed by atoms with van der Waals surface area (Å²) in [7, 11) is 0. The van der Waals surface area contributed by atoms with Crippen LogP contribution in [0.25, 0.3) is 21.1 Å². The number of nitrogens with one attached hydrogen (secondary N) is 1. The molecule has 0 atom stereocenters. The molecular formula is C17H17N3OS2. The SMILES string of the molecule is Cc1ccsc1-c1nc(-c2c[nH]c(C(=O)N3CCCC3)c2)cs1. The maximum atomic E-state index is 12.4. The fourth-order valence-corrected chi connectivity index (χ4v) is 4.79. The van der Waals surface area contributed by atoms with E-state index in [2.05, 4.69) is 28.7 Å². The molecule has 0 unspecified atom stereocenters. The lowest BCUT2D eigenvalue weighted by atomic mass is 10.2.